The average molecular weight is 282 g/mol. The van der Waals surface area contributed by atoms with Gasteiger partial charge in [-0.3, -0.25) is 4.79 Å². The maximum Gasteiger partial charge on any atom is 0.271 e. The van der Waals surface area contributed by atoms with Crippen LogP contribution in [0, 0.1) is 11.8 Å². The van der Waals surface area contributed by atoms with Crippen LogP contribution in [-0.2, 0) is 10.0 Å². The molecule has 1 rings (SSSR count). The van der Waals surface area contributed by atoms with Crippen molar-refractivity contribution in [3.8, 4) is 11.8 Å². The van der Waals surface area contributed by atoms with Gasteiger partial charge < -0.3 is 11.1 Å². The standard InChI is InChI=1S/C11H14N4O3S/c12-5-1-3-9-4-2-6-14-10(9)11(16)15-7-8-19(13,17)18/h2,4,6H,5,7-8,12H2,(H,15,16)(H2,13,17,18). The van der Waals surface area contributed by atoms with Crippen molar-refractivity contribution < 1.29 is 13.2 Å². The van der Waals surface area contributed by atoms with Gasteiger partial charge in [-0.1, -0.05) is 11.8 Å². The van der Waals surface area contributed by atoms with Crippen molar-refractivity contribution in [1.29, 1.82) is 0 Å². The lowest BCUT2D eigenvalue weighted by molar-refractivity contribution is 0.0951. The summed E-state index contributed by atoms with van der Waals surface area (Å²) in [6, 6.07) is 3.27. The summed E-state index contributed by atoms with van der Waals surface area (Å²) in [5.41, 5.74) is 5.81. The Labute approximate surface area is 111 Å². The van der Waals surface area contributed by atoms with Gasteiger partial charge in [0.25, 0.3) is 5.91 Å². The van der Waals surface area contributed by atoms with E-state index in [4.69, 9.17) is 10.9 Å². The molecule has 0 aliphatic heterocycles. The summed E-state index contributed by atoms with van der Waals surface area (Å²) in [7, 11) is -3.61. The number of sulfonamides is 1. The van der Waals surface area contributed by atoms with Gasteiger partial charge in [-0.15, -0.1) is 0 Å². The fraction of sp³-hybridized carbons (Fsp3) is 0.273. The molecule has 0 unspecified atom stereocenters. The summed E-state index contributed by atoms with van der Waals surface area (Å²) in [5.74, 6) is 4.49. The highest BCUT2D eigenvalue weighted by Crippen LogP contribution is 2.03. The average Bonchev–Trinajstić information content (AvgIpc) is 2.35. The van der Waals surface area contributed by atoms with Gasteiger partial charge in [0.15, 0.2) is 0 Å². The van der Waals surface area contributed by atoms with Crippen LogP contribution in [0.2, 0.25) is 0 Å². The largest absolute Gasteiger partial charge is 0.350 e. The lowest BCUT2D eigenvalue weighted by atomic mass is 10.2. The lowest BCUT2D eigenvalue weighted by Crippen LogP contribution is -2.32. The number of carbonyl (C=O) groups is 1. The van der Waals surface area contributed by atoms with Crippen molar-refractivity contribution in [2.24, 2.45) is 10.9 Å². The second kappa shape index (κ2) is 6.84. The third kappa shape index (κ3) is 5.48. The van der Waals surface area contributed by atoms with Crippen LogP contribution in [0.3, 0.4) is 0 Å². The smallest absolute Gasteiger partial charge is 0.271 e. The molecule has 102 valence electrons. The molecule has 0 saturated heterocycles. The van der Waals surface area contributed by atoms with Crippen LogP contribution in [0.5, 0.6) is 0 Å². The first-order valence-electron chi connectivity index (χ1n) is 5.36. The van der Waals surface area contributed by atoms with Crippen LogP contribution in [0.25, 0.3) is 0 Å². The monoisotopic (exact) mass is 282 g/mol. The van der Waals surface area contributed by atoms with Crippen LogP contribution in [0.1, 0.15) is 16.1 Å². The number of nitrogens with two attached hydrogens (primary N) is 2. The van der Waals surface area contributed by atoms with E-state index in [0.717, 1.165) is 0 Å². The molecule has 1 amide bonds. The topological polar surface area (TPSA) is 128 Å². The first-order valence-corrected chi connectivity index (χ1v) is 7.08. The molecule has 0 aliphatic carbocycles. The van der Waals surface area contributed by atoms with Crippen molar-refractivity contribution in [2.45, 2.75) is 0 Å². The van der Waals surface area contributed by atoms with E-state index in [1.54, 1.807) is 12.1 Å². The molecular formula is C11H14N4O3S. The first kappa shape index (κ1) is 15.1. The van der Waals surface area contributed by atoms with E-state index in [1.807, 2.05) is 0 Å². The molecular weight excluding hydrogens is 268 g/mol. The molecule has 8 heteroatoms. The van der Waals surface area contributed by atoms with Crippen LogP contribution in [0.15, 0.2) is 18.3 Å². The molecule has 7 nitrogen and oxygen atoms in total. The van der Waals surface area contributed by atoms with E-state index in [2.05, 4.69) is 22.1 Å². The van der Waals surface area contributed by atoms with Gasteiger partial charge in [0.2, 0.25) is 10.0 Å². The minimum Gasteiger partial charge on any atom is -0.350 e. The number of hydrogen-bond acceptors (Lipinski definition) is 5. The summed E-state index contributed by atoms with van der Waals surface area (Å²) in [6.07, 6.45) is 1.45. The van der Waals surface area contributed by atoms with Crippen LogP contribution in [-0.4, -0.2) is 38.2 Å². The minimum absolute atomic E-state index is 0.0853. The van der Waals surface area contributed by atoms with Gasteiger partial charge in [0, 0.05) is 12.7 Å². The maximum absolute atomic E-state index is 11.8. The summed E-state index contributed by atoms with van der Waals surface area (Å²) < 4.78 is 21.5. The molecule has 5 N–H and O–H groups in total. The zero-order valence-corrected chi connectivity index (χ0v) is 10.9. The Hall–Kier alpha value is -1.95. The molecule has 0 radical (unpaired) electrons. The van der Waals surface area contributed by atoms with Crippen LogP contribution in [0.4, 0.5) is 0 Å². The van der Waals surface area contributed by atoms with Gasteiger partial charge in [0.05, 0.1) is 17.9 Å². The summed E-state index contributed by atoms with van der Waals surface area (Å²) in [6.45, 7) is 0.0827. The predicted octanol–water partition coefficient (Wildman–Crippen LogP) is -1.59. The van der Waals surface area contributed by atoms with E-state index in [-0.39, 0.29) is 24.5 Å². The Balaban J connectivity index is 2.77. The second-order valence-corrected chi connectivity index (χ2v) is 5.26. The minimum atomic E-state index is -3.61. The lowest BCUT2D eigenvalue weighted by Gasteiger charge is -2.05. The summed E-state index contributed by atoms with van der Waals surface area (Å²) >= 11 is 0. The molecule has 0 aromatic carbocycles. The van der Waals surface area contributed by atoms with Gasteiger partial charge in [0.1, 0.15) is 5.69 Å². The molecule has 1 aromatic rings. The number of aromatic nitrogens is 1. The van der Waals surface area contributed by atoms with E-state index in [9.17, 15) is 13.2 Å². The third-order valence-electron chi connectivity index (χ3n) is 2.02. The fourth-order valence-electron chi connectivity index (χ4n) is 1.22. The van der Waals surface area contributed by atoms with Gasteiger partial charge >= 0.3 is 0 Å². The quantitative estimate of drug-likeness (QED) is 0.573. The molecule has 0 bridgehead atoms. The number of amides is 1. The normalized spacial score (nSPS) is 10.4. The van der Waals surface area contributed by atoms with E-state index >= 15 is 0 Å². The molecule has 1 aromatic heterocycles. The number of rotatable bonds is 4. The molecule has 0 spiro atoms. The second-order valence-electron chi connectivity index (χ2n) is 3.53. The van der Waals surface area contributed by atoms with Crippen molar-refractivity contribution in [2.75, 3.05) is 18.8 Å². The van der Waals surface area contributed by atoms with Crippen LogP contribution >= 0.6 is 0 Å². The molecule has 0 saturated carbocycles. The number of nitrogens with one attached hydrogen (secondary N) is 1. The highest BCUT2D eigenvalue weighted by atomic mass is 32.2. The first-order chi connectivity index (χ1) is 8.94. The molecule has 1 heterocycles. The molecule has 0 fully saturated rings. The molecule has 0 atom stereocenters. The summed E-state index contributed by atoms with van der Waals surface area (Å²) in [5, 5.41) is 7.24. The van der Waals surface area contributed by atoms with E-state index in [1.165, 1.54) is 6.20 Å². The highest BCUT2D eigenvalue weighted by Gasteiger charge is 2.12. The van der Waals surface area contributed by atoms with Gasteiger partial charge in [-0.05, 0) is 12.1 Å². The van der Waals surface area contributed by atoms with Crippen molar-refractivity contribution in [1.82, 2.24) is 10.3 Å². The Bertz CT molecular complexity index is 616. The summed E-state index contributed by atoms with van der Waals surface area (Å²) in [4.78, 5) is 15.7. The zero-order valence-electron chi connectivity index (χ0n) is 10.1. The van der Waals surface area contributed by atoms with Crippen molar-refractivity contribution in [3.63, 3.8) is 0 Å². The third-order valence-corrected chi connectivity index (χ3v) is 2.79. The van der Waals surface area contributed by atoms with Crippen molar-refractivity contribution in [3.05, 3.63) is 29.6 Å². The number of carbonyl (C=O) groups excluding carboxylic acids is 1. The van der Waals surface area contributed by atoms with E-state index < -0.39 is 15.9 Å². The number of primary sulfonamides is 1. The molecule has 19 heavy (non-hydrogen) atoms. The Morgan fingerprint density at radius 2 is 2.21 bits per heavy atom. The fourth-order valence-corrected chi connectivity index (χ4v) is 1.61. The SMILES string of the molecule is NCC#Cc1cccnc1C(=O)NCCS(N)(=O)=O. The Kier molecular flexibility index (Phi) is 5.44. The number of pyridine rings is 1. The Morgan fingerprint density at radius 3 is 2.84 bits per heavy atom. The zero-order chi connectivity index (χ0) is 14.3. The van der Waals surface area contributed by atoms with E-state index in [0.29, 0.717) is 5.56 Å². The molecule has 0 aliphatic rings. The highest BCUT2D eigenvalue weighted by molar-refractivity contribution is 7.89. The number of nitrogens with zero attached hydrogens (tertiary/aromatic N) is 1. The maximum atomic E-state index is 11.8. The van der Waals surface area contributed by atoms with Crippen LogP contribution < -0.4 is 16.2 Å². The van der Waals surface area contributed by atoms with Gasteiger partial charge in [-0.2, -0.15) is 0 Å². The van der Waals surface area contributed by atoms with Gasteiger partial charge in [-0.25, -0.2) is 18.5 Å². The number of hydrogen-bond donors (Lipinski definition) is 3. The van der Waals surface area contributed by atoms with Crippen molar-refractivity contribution >= 4 is 15.9 Å². The predicted molar refractivity (Wildman–Crippen MR) is 70.5 cm³/mol. The Morgan fingerprint density at radius 1 is 1.47 bits per heavy atom.